The van der Waals surface area contributed by atoms with Crippen LogP contribution in [0, 0.1) is 5.92 Å². The molecule has 0 amide bonds. The SMILES string of the molecule is CC1CCCC(Nc2ccccc2-n2cncn2)C1. The number of rotatable bonds is 3. The summed E-state index contributed by atoms with van der Waals surface area (Å²) in [6.07, 6.45) is 8.51. The molecule has 3 rings (SSSR count). The molecule has 4 heteroatoms. The summed E-state index contributed by atoms with van der Waals surface area (Å²) in [6.45, 7) is 2.34. The van der Waals surface area contributed by atoms with Crippen molar-refractivity contribution in [2.24, 2.45) is 5.92 Å². The van der Waals surface area contributed by atoms with Crippen molar-refractivity contribution in [3.8, 4) is 5.69 Å². The Hall–Kier alpha value is -1.84. The van der Waals surface area contributed by atoms with E-state index >= 15 is 0 Å². The van der Waals surface area contributed by atoms with Crippen LogP contribution in [0.1, 0.15) is 32.6 Å². The maximum absolute atomic E-state index is 4.22. The normalized spacial score (nSPS) is 23.2. The van der Waals surface area contributed by atoms with Gasteiger partial charge in [0.2, 0.25) is 0 Å². The predicted molar refractivity (Wildman–Crippen MR) is 76.4 cm³/mol. The molecule has 100 valence electrons. The number of nitrogens with one attached hydrogen (secondary N) is 1. The number of para-hydroxylation sites is 2. The Labute approximate surface area is 113 Å². The summed E-state index contributed by atoms with van der Waals surface area (Å²) in [6, 6.07) is 8.87. The van der Waals surface area contributed by atoms with Gasteiger partial charge in [-0.25, -0.2) is 9.67 Å². The van der Waals surface area contributed by atoms with E-state index in [1.54, 1.807) is 12.7 Å². The van der Waals surface area contributed by atoms with Crippen LogP contribution in [-0.4, -0.2) is 20.8 Å². The van der Waals surface area contributed by atoms with Crippen molar-refractivity contribution in [1.82, 2.24) is 14.8 Å². The third-order valence-corrected chi connectivity index (χ3v) is 3.87. The van der Waals surface area contributed by atoms with Gasteiger partial charge in [0, 0.05) is 6.04 Å². The lowest BCUT2D eigenvalue weighted by molar-refractivity contribution is 0.358. The summed E-state index contributed by atoms with van der Waals surface area (Å²) in [5, 5.41) is 7.90. The van der Waals surface area contributed by atoms with Gasteiger partial charge in [-0.05, 0) is 30.9 Å². The van der Waals surface area contributed by atoms with Gasteiger partial charge in [-0.1, -0.05) is 31.9 Å². The van der Waals surface area contributed by atoms with Crippen LogP contribution in [0.3, 0.4) is 0 Å². The van der Waals surface area contributed by atoms with Gasteiger partial charge in [0.05, 0.1) is 11.4 Å². The van der Waals surface area contributed by atoms with Crippen LogP contribution in [0.2, 0.25) is 0 Å². The van der Waals surface area contributed by atoms with Gasteiger partial charge < -0.3 is 5.32 Å². The Balaban J connectivity index is 1.81. The summed E-state index contributed by atoms with van der Waals surface area (Å²) < 4.78 is 1.81. The Morgan fingerprint density at radius 1 is 1.26 bits per heavy atom. The highest BCUT2D eigenvalue weighted by Crippen LogP contribution is 2.28. The summed E-state index contributed by atoms with van der Waals surface area (Å²) >= 11 is 0. The van der Waals surface area contributed by atoms with E-state index < -0.39 is 0 Å². The van der Waals surface area contributed by atoms with Crippen LogP contribution >= 0.6 is 0 Å². The average Bonchev–Trinajstić information content (AvgIpc) is 2.93. The highest BCUT2D eigenvalue weighted by Gasteiger charge is 2.19. The van der Waals surface area contributed by atoms with E-state index in [4.69, 9.17) is 0 Å². The Kier molecular flexibility index (Phi) is 3.49. The first kappa shape index (κ1) is 12.2. The summed E-state index contributed by atoms with van der Waals surface area (Å²) in [4.78, 5) is 4.02. The second-order valence-electron chi connectivity index (χ2n) is 5.47. The van der Waals surface area contributed by atoms with E-state index in [1.807, 2.05) is 10.7 Å². The fourth-order valence-electron chi connectivity index (χ4n) is 2.91. The van der Waals surface area contributed by atoms with Crippen molar-refractivity contribution in [2.45, 2.75) is 38.6 Å². The second kappa shape index (κ2) is 5.43. The van der Waals surface area contributed by atoms with Crippen LogP contribution in [0.25, 0.3) is 5.69 Å². The molecule has 0 saturated heterocycles. The first-order valence-electron chi connectivity index (χ1n) is 7.03. The number of nitrogens with zero attached hydrogens (tertiary/aromatic N) is 3. The van der Waals surface area contributed by atoms with Crippen LogP contribution in [0.5, 0.6) is 0 Å². The lowest BCUT2D eigenvalue weighted by Crippen LogP contribution is -2.26. The molecular formula is C15H20N4. The molecule has 1 aliphatic carbocycles. The van der Waals surface area contributed by atoms with Crippen molar-refractivity contribution in [1.29, 1.82) is 0 Å². The van der Waals surface area contributed by atoms with Gasteiger partial charge in [0.1, 0.15) is 12.7 Å². The van der Waals surface area contributed by atoms with Gasteiger partial charge in [-0.3, -0.25) is 0 Å². The smallest absolute Gasteiger partial charge is 0.138 e. The summed E-state index contributed by atoms with van der Waals surface area (Å²) in [5.74, 6) is 0.824. The highest BCUT2D eigenvalue weighted by atomic mass is 15.3. The van der Waals surface area contributed by atoms with Gasteiger partial charge in [-0.2, -0.15) is 5.10 Å². The van der Waals surface area contributed by atoms with Gasteiger partial charge in [0.25, 0.3) is 0 Å². The minimum atomic E-state index is 0.577. The van der Waals surface area contributed by atoms with Crippen molar-refractivity contribution >= 4 is 5.69 Å². The molecule has 2 atom stereocenters. The molecule has 4 nitrogen and oxygen atoms in total. The quantitative estimate of drug-likeness (QED) is 0.916. The molecule has 1 N–H and O–H groups in total. The molecular weight excluding hydrogens is 236 g/mol. The summed E-state index contributed by atoms with van der Waals surface area (Å²) in [7, 11) is 0. The molecule has 1 aromatic carbocycles. The third-order valence-electron chi connectivity index (χ3n) is 3.87. The maximum atomic E-state index is 4.22. The molecule has 19 heavy (non-hydrogen) atoms. The molecule has 1 heterocycles. The number of hydrogen-bond acceptors (Lipinski definition) is 3. The molecule has 1 fully saturated rings. The molecule has 0 radical (unpaired) electrons. The number of aromatic nitrogens is 3. The minimum absolute atomic E-state index is 0.577. The number of hydrogen-bond donors (Lipinski definition) is 1. The fraction of sp³-hybridized carbons (Fsp3) is 0.467. The molecule has 1 aliphatic rings. The topological polar surface area (TPSA) is 42.7 Å². The van der Waals surface area contributed by atoms with Gasteiger partial charge in [0.15, 0.2) is 0 Å². The van der Waals surface area contributed by atoms with E-state index in [0.29, 0.717) is 6.04 Å². The number of benzene rings is 1. The molecule has 1 saturated carbocycles. The lowest BCUT2D eigenvalue weighted by atomic mass is 9.87. The molecule has 1 aromatic heterocycles. The molecule has 2 aromatic rings. The fourth-order valence-corrected chi connectivity index (χ4v) is 2.91. The lowest BCUT2D eigenvalue weighted by Gasteiger charge is -2.29. The molecule has 0 bridgehead atoms. The van der Waals surface area contributed by atoms with Crippen molar-refractivity contribution < 1.29 is 0 Å². The van der Waals surface area contributed by atoms with Crippen molar-refractivity contribution in [2.75, 3.05) is 5.32 Å². The molecule has 0 aliphatic heterocycles. The van der Waals surface area contributed by atoms with Crippen LogP contribution in [0.15, 0.2) is 36.9 Å². The van der Waals surface area contributed by atoms with Crippen molar-refractivity contribution in [3.63, 3.8) is 0 Å². The van der Waals surface area contributed by atoms with Crippen LogP contribution < -0.4 is 5.32 Å². The van der Waals surface area contributed by atoms with E-state index in [9.17, 15) is 0 Å². The minimum Gasteiger partial charge on any atom is -0.381 e. The highest BCUT2D eigenvalue weighted by molar-refractivity contribution is 5.60. The zero-order valence-electron chi connectivity index (χ0n) is 11.3. The van der Waals surface area contributed by atoms with E-state index in [-0.39, 0.29) is 0 Å². The third kappa shape index (κ3) is 2.78. The van der Waals surface area contributed by atoms with Crippen LogP contribution in [-0.2, 0) is 0 Å². The monoisotopic (exact) mass is 256 g/mol. The van der Waals surface area contributed by atoms with Crippen LogP contribution in [0.4, 0.5) is 5.69 Å². The Morgan fingerprint density at radius 2 is 2.16 bits per heavy atom. The van der Waals surface area contributed by atoms with E-state index in [0.717, 1.165) is 17.3 Å². The zero-order chi connectivity index (χ0) is 13.1. The standard InChI is InChI=1S/C15H20N4/c1-12-5-4-6-13(9-12)18-14-7-2-3-8-15(14)19-11-16-10-17-19/h2-3,7-8,10-13,18H,4-6,9H2,1H3. The predicted octanol–water partition coefficient (Wildman–Crippen LogP) is 3.26. The van der Waals surface area contributed by atoms with E-state index in [1.165, 1.54) is 25.7 Å². The Bertz CT molecular complexity index is 521. The van der Waals surface area contributed by atoms with Crippen molar-refractivity contribution in [3.05, 3.63) is 36.9 Å². The number of anilines is 1. The molecule has 2 unspecified atom stereocenters. The zero-order valence-corrected chi connectivity index (χ0v) is 11.3. The average molecular weight is 256 g/mol. The van der Waals surface area contributed by atoms with Gasteiger partial charge in [-0.15, -0.1) is 0 Å². The largest absolute Gasteiger partial charge is 0.381 e. The van der Waals surface area contributed by atoms with E-state index in [2.05, 4.69) is 40.5 Å². The Morgan fingerprint density at radius 3 is 2.95 bits per heavy atom. The maximum Gasteiger partial charge on any atom is 0.138 e. The summed E-state index contributed by atoms with van der Waals surface area (Å²) in [5.41, 5.74) is 2.21. The first-order valence-corrected chi connectivity index (χ1v) is 7.03. The molecule has 0 spiro atoms. The first-order chi connectivity index (χ1) is 9.33. The second-order valence-corrected chi connectivity index (χ2v) is 5.47. The van der Waals surface area contributed by atoms with Gasteiger partial charge >= 0.3 is 0 Å².